The van der Waals surface area contributed by atoms with Crippen LogP contribution in [-0.4, -0.2) is 83.7 Å². The fourth-order valence-electron chi connectivity index (χ4n) is 6.81. The molecule has 312 valence electrons. The first-order valence-corrected chi connectivity index (χ1v) is 22.6. The van der Waals surface area contributed by atoms with Gasteiger partial charge in [0.05, 0.1) is 16.8 Å². The minimum absolute atomic E-state index is 0.0853. The van der Waals surface area contributed by atoms with Crippen molar-refractivity contribution in [1.82, 2.24) is 21.3 Å². The second kappa shape index (κ2) is 23.3. The summed E-state index contributed by atoms with van der Waals surface area (Å²) in [7, 11) is 0. The molecule has 9 nitrogen and oxygen atoms in total. The van der Waals surface area contributed by atoms with Crippen molar-refractivity contribution in [2.75, 3.05) is 30.9 Å². The SMILES string of the molecule is CC[C@H](C)[C@@H](CN[C@@H](Cc1ccccc1)C(=O)N[C@@H](CCSC)C(=O)O)NC[C@H](CSC(c1ccccc1)(c1ccccc1)c1ccccc1)NC(=O)OC(C)(C)C. The normalized spacial score (nSPS) is 14.4. The van der Waals surface area contributed by atoms with E-state index in [1.165, 1.54) is 0 Å². The summed E-state index contributed by atoms with van der Waals surface area (Å²) in [5, 5.41) is 23.2. The van der Waals surface area contributed by atoms with Gasteiger partial charge in [-0.2, -0.15) is 11.8 Å². The summed E-state index contributed by atoms with van der Waals surface area (Å²) < 4.78 is 5.19. The van der Waals surface area contributed by atoms with E-state index in [1.807, 2.05) is 75.6 Å². The molecule has 5 N–H and O–H groups in total. The van der Waals surface area contributed by atoms with Gasteiger partial charge < -0.3 is 31.1 Å². The van der Waals surface area contributed by atoms with E-state index in [0.717, 1.165) is 28.7 Å². The highest BCUT2D eigenvalue weighted by Gasteiger charge is 2.38. The summed E-state index contributed by atoms with van der Waals surface area (Å²) in [6, 6.07) is 39.1. The van der Waals surface area contributed by atoms with Gasteiger partial charge in [0.15, 0.2) is 0 Å². The lowest BCUT2D eigenvalue weighted by molar-refractivity contribution is -0.142. The predicted octanol–water partition coefficient (Wildman–Crippen LogP) is 8.13. The van der Waals surface area contributed by atoms with Crippen LogP contribution in [0, 0.1) is 5.92 Å². The average Bonchev–Trinajstić information content (AvgIpc) is 3.22. The highest BCUT2D eigenvalue weighted by Crippen LogP contribution is 2.48. The fraction of sp³-hybridized carbons (Fsp3) is 0.426. The molecule has 4 rings (SSSR count). The molecule has 0 bridgehead atoms. The van der Waals surface area contributed by atoms with E-state index in [-0.39, 0.29) is 23.9 Å². The van der Waals surface area contributed by atoms with Crippen LogP contribution in [0.3, 0.4) is 0 Å². The molecule has 0 saturated heterocycles. The summed E-state index contributed by atoms with van der Waals surface area (Å²) >= 11 is 3.32. The smallest absolute Gasteiger partial charge is 0.407 e. The molecular formula is C47H62N4O5S2. The van der Waals surface area contributed by atoms with Gasteiger partial charge in [-0.25, -0.2) is 9.59 Å². The number of hydrogen-bond donors (Lipinski definition) is 5. The molecule has 0 fully saturated rings. The largest absolute Gasteiger partial charge is 0.480 e. The maximum absolute atomic E-state index is 13.8. The van der Waals surface area contributed by atoms with Crippen molar-refractivity contribution in [2.24, 2.45) is 5.92 Å². The molecule has 4 aromatic carbocycles. The number of amides is 2. The number of hydrogen-bond acceptors (Lipinski definition) is 8. The van der Waals surface area contributed by atoms with E-state index < -0.39 is 34.5 Å². The Morgan fingerprint density at radius 1 is 0.724 bits per heavy atom. The van der Waals surface area contributed by atoms with Crippen molar-refractivity contribution >= 4 is 41.5 Å². The monoisotopic (exact) mass is 826 g/mol. The van der Waals surface area contributed by atoms with Crippen LogP contribution in [0.1, 0.15) is 69.7 Å². The van der Waals surface area contributed by atoms with Gasteiger partial charge in [0.1, 0.15) is 11.6 Å². The number of carboxylic acid groups (broad SMARTS) is 1. The van der Waals surface area contributed by atoms with E-state index in [4.69, 9.17) is 4.74 Å². The second-order valence-electron chi connectivity index (χ2n) is 15.7. The van der Waals surface area contributed by atoms with E-state index in [1.54, 1.807) is 23.5 Å². The Kier molecular flexibility index (Phi) is 18.7. The summed E-state index contributed by atoms with van der Waals surface area (Å²) in [6.07, 6.45) is 3.04. The van der Waals surface area contributed by atoms with Crippen molar-refractivity contribution in [3.05, 3.63) is 144 Å². The second-order valence-corrected chi connectivity index (χ2v) is 17.9. The van der Waals surface area contributed by atoms with Crippen molar-refractivity contribution in [2.45, 2.75) is 88.4 Å². The van der Waals surface area contributed by atoms with E-state index in [9.17, 15) is 19.5 Å². The highest BCUT2D eigenvalue weighted by atomic mass is 32.2. The summed E-state index contributed by atoms with van der Waals surface area (Å²) in [5.41, 5.74) is 3.68. The zero-order chi connectivity index (χ0) is 42.0. The third-order valence-corrected chi connectivity index (χ3v) is 12.5. The van der Waals surface area contributed by atoms with Gasteiger partial charge in [-0.15, -0.1) is 11.8 Å². The van der Waals surface area contributed by atoms with Crippen LogP contribution in [0.2, 0.25) is 0 Å². The molecule has 4 aromatic rings. The Labute approximate surface area is 354 Å². The molecule has 58 heavy (non-hydrogen) atoms. The number of aliphatic carboxylic acids is 1. The van der Waals surface area contributed by atoms with Crippen molar-refractivity contribution in [3.8, 4) is 0 Å². The average molecular weight is 827 g/mol. The van der Waals surface area contributed by atoms with Crippen molar-refractivity contribution in [3.63, 3.8) is 0 Å². The molecule has 0 aromatic heterocycles. The topological polar surface area (TPSA) is 129 Å². The van der Waals surface area contributed by atoms with Crippen LogP contribution in [0.5, 0.6) is 0 Å². The van der Waals surface area contributed by atoms with Crippen LogP contribution in [-0.2, 0) is 25.5 Å². The summed E-state index contributed by atoms with van der Waals surface area (Å²) in [6.45, 7) is 10.7. The van der Waals surface area contributed by atoms with Crippen molar-refractivity contribution < 1.29 is 24.2 Å². The molecular weight excluding hydrogens is 765 g/mol. The molecule has 0 unspecified atom stereocenters. The fourth-order valence-corrected chi connectivity index (χ4v) is 8.85. The molecule has 0 saturated carbocycles. The van der Waals surface area contributed by atoms with Gasteiger partial charge in [-0.3, -0.25) is 4.79 Å². The maximum Gasteiger partial charge on any atom is 0.407 e. The molecule has 0 aliphatic rings. The maximum atomic E-state index is 13.8. The highest BCUT2D eigenvalue weighted by molar-refractivity contribution is 8.00. The predicted molar refractivity (Wildman–Crippen MR) is 241 cm³/mol. The van der Waals surface area contributed by atoms with Crippen molar-refractivity contribution in [1.29, 1.82) is 0 Å². The Hall–Kier alpha value is -4.29. The third-order valence-electron chi connectivity index (χ3n) is 10.1. The molecule has 0 aliphatic carbocycles. The van der Waals surface area contributed by atoms with Gasteiger partial charge >= 0.3 is 12.1 Å². The number of nitrogens with one attached hydrogen (secondary N) is 4. The number of benzene rings is 4. The molecule has 2 amide bonds. The van der Waals surface area contributed by atoms with Crippen LogP contribution < -0.4 is 21.3 Å². The zero-order valence-electron chi connectivity index (χ0n) is 34.8. The first-order chi connectivity index (χ1) is 27.9. The van der Waals surface area contributed by atoms with E-state index in [0.29, 0.717) is 37.4 Å². The quantitative estimate of drug-likeness (QED) is 0.0471. The number of rotatable bonds is 23. The lowest BCUT2D eigenvalue weighted by Gasteiger charge is -2.37. The number of carboxylic acids is 1. The van der Waals surface area contributed by atoms with Crippen LogP contribution in [0.15, 0.2) is 121 Å². The molecule has 5 atom stereocenters. The summed E-state index contributed by atoms with van der Waals surface area (Å²) in [4.78, 5) is 39.3. The van der Waals surface area contributed by atoms with Crippen LogP contribution in [0.4, 0.5) is 4.79 Å². The standard InChI is InChI=1S/C47H62N4O5S2/c1-7-34(2)42(32-49-41(30-35-20-12-8-13-21-35)43(52)51-40(44(53)54)28-29-57-6)48-31-39(50-45(55)56-46(3,4)5)33-58-47(36-22-14-9-15-23-36,37-24-16-10-17-25-37)38-26-18-11-19-27-38/h8-27,34,39-42,48-49H,7,28-33H2,1-6H3,(H,50,55)(H,51,52)(H,53,54)/t34-,39+,40-,41-,42+/m0/s1. The minimum atomic E-state index is -1.04. The molecule has 0 aliphatic heterocycles. The molecule has 11 heteroatoms. The Morgan fingerprint density at radius 2 is 1.24 bits per heavy atom. The van der Waals surface area contributed by atoms with E-state index in [2.05, 4.69) is 108 Å². The Balaban J connectivity index is 1.62. The number of thioether (sulfide) groups is 2. The molecule has 0 spiro atoms. The summed E-state index contributed by atoms with van der Waals surface area (Å²) in [5.74, 6) is -0.0313. The Morgan fingerprint density at radius 3 is 1.71 bits per heavy atom. The minimum Gasteiger partial charge on any atom is -0.480 e. The lowest BCUT2D eigenvalue weighted by atomic mass is 9.84. The molecule has 0 heterocycles. The van der Waals surface area contributed by atoms with Gasteiger partial charge in [0.25, 0.3) is 0 Å². The third kappa shape index (κ3) is 14.2. The van der Waals surface area contributed by atoms with Gasteiger partial charge in [0.2, 0.25) is 5.91 Å². The van der Waals surface area contributed by atoms with E-state index >= 15 is 0 Å². The van der Waals surface area contributed by atoms with Crippen LogP contribution >= 0.6 is 23.5 Å². The molecule has 0 radical (unpaired) electrons. The number of alkyl carbamates (subject to hydrolysis) is 1. The lowest BCUT2D eigenvalue weighted by Crippen LogP contribution is -2.56. The van der Waals surface area contributed by atoms with Gasteiger partial charge in [0, 0.05) is 24.9 Å². The number of carbonyl (C=O) groups is 3. The van der Waals surface area contributed by atoms with Gasteiger partial charge in [-0.1, -0.05) is 142 Å². The van der Waals surface area contributed by atoms with Crippen LogP contribution in [0.25, 0.3) is 0 Å². The first kappa shape index (κ1) is 46.4. The number of carbonyl (C=O) groups excluding carboxylic acids is 2. The first-order valence-electron chi connectivity index (χ1n) is 20.2. The van der Waals surface area contributed by atoms with Gasteiger partial charge in [-0.05, 0) is 73.8 Å². The Bertz CT molecular complexity index is 1720. The zero-order valence-corrected chi connectivity index (χ0v) is 36.4. The number of ether oxygens (including phenoxy) is 1.